The van der Waals surface area contributed by atoms with Gasteiger partial charge in [0.1, 0.15) is 11.6 Å². The molecule has 4 rings (SSSR count). The maximum absolute atomic E-state index is 13.5. The molecular formula is C33H38N4O5S3. The fraction of sp³-hybridized carbons (Fsp3) is 0.273. The molecule has 2 heterocycles. The largest absolute Gasteiger partial charge is 0.494 e. The van der Waals surface area contributed by atoms with E-state index < -0.39 is 20.0 Å². The second kappa shape index (κ2) is 14.4. The van der Waals surface area contributed by atoms with Crippen molar-refractivity contribution in [2.24, 2.45) is 5.41 Å². The first-order valence-corrected chi connectivity index (χ1v) is 18.3. The Hall–Kier alpha value is -4.00. The lowest BCUT2D eigenvalue weighted by molar-refractivity contribution is 0.243. The van der Waals surface area contributed by atoms with Gasteiger partial charge in [0.05, 0.1) is 22.9 Å². The van der Waals surface area contributed by atoms with E-state index in [1.165, 1.54) is 29.5 Å². The summed E-state index contributed by atoms with van der Waals surface area (Å²) in [5.74, 6) is 0.457. The molecule has 4 aromatic rings. The summed E-state index contributed by atoms with van der Waals surface area (Å²) in [5, 5.41) is -0.233. The third kappa shape index (κ3) is 9.49. The highest BCUT2D eigenvalue weighted by atomic mass is 32.2. The molecule has 0 aliphatic heterocycles. The summed E-state index contributed by atoms with van der Waals surface area (Å²) in [6.07, 6.45) is 5.16. The average Bonchev–Trinajstić information content (AvgIpc) is 3.39. The normalized spacial score (nSPS) is 12.0. The van der Waals surface area contributed by atoms with Crippen molar-refractivity contribution in [1.29, 1.82) is 0 Å². The zero-order valence-electron chi connectivity index (χ0n) is 25.6. The maximum atomic E-state index is 13.5. The van der Waals surface area contributed by atoms with Crippen LogP contribution in [0.1, 0.15) is 45.6 Å². The second-order valence-electron chi connectivity index (χ2n) is 11.5. The minimum Gasteiger partial charge on any atom is -0.494 e. The minimum absolute atomic E-state index is 0.0971. The van der Waals surface area contributed by atoms with Gasteiger partial charge < -0.3 is 4.74 Å². The van der Waals surface area contributed by atoms with Gasteiger partial charge in [0.25, 0.3) is 10.0 Å². The summed E-state index contributed by atoms with van der Waals surface area (Å²) in [6, 6.07) is 19.3. The van der Waals surface area contributed by atoms with Gasteiger partial charge in [0.15, 0.2) is 10.2 Å². The first kappa shape index (κ1) is 33.9. The van der Waals surface area contributed by atoms with Crippen LogP contribution in [0.5, 0.6) is 5.75 Å². The number of rotatable bonds is 15. The molecule has 45 heavy (non-hydrogen) atoms. The third-order valence-electron chi connectivity index (χ3n) is 6.58. The number of benzene rings is 2. The second-order valence-corrected chi connectivity index (χ2v) is 16.0. The van der Waals surface area contributed by atoms with Crippen molar-refractivity contribution in [3.8, 4) is 27.4 Å². The van der Waals surface area contributed by atoms with Gasteiger partial charge in [-0.15, -0.1) is 6.58 Å². The van der Waals surface area contributed by atoms with Crippen LogP contribution in [0.15, 0.2) is 91.0 Å². The lowest BCUT2D eigenvalue weighted by Gasteiger charge is -2.18. The van der Waals surface area contributed by atoms with Crippen molar-refractivity contribution in [3.05, 3.63) is 91.5 Å². The Labute approximate surface area is 270 Å². The van der Waals surface area contributed by atoms with Gasteiger partial charge in [-0.2, -0.15) is 8.42 Å². The Morgan fingerprint density at radius 1 is 0.933 bits per heavy atom. The third-order valence-corrected chi connectivity index (χ3v) is 10.3. The fourth-order valence-electron chi connectivity index (χ4n) is 4.25. The Bertz CT molecular complexity index is 1880. The molecule has 12 heteroatoms. The molecule has 0 saturated heterocycles. The van der Waals surface area contributed by atoms with Crippen molar-refractivity contribution in [2.45, 2.75) is 45.1 Å². The number of anilines is 2. The molecule has 0 unspecified atom stereocenters. The molecular weight excluding hydrogens is 629 g/mol. The maximum Gasteiger partial charge on any atom is 0.281 e. The molecule has 0 aliphatic carbocycles. The van der Waals surface area contributed by atoms with E-state index in [0.717, 1.165) is 28.0 Å². The molecule has 9 nitrogen and oxygen atoms in total. The van der Waals surface area contributed by atoms with E-state index in [9.17, 15) is 16.8 Å². The summed E-state index contributed by atoms with van der Waals surface area (Å²) in [5.41, 5.74) is 3.15. The van der Waals surface area contributed by atoms with Gasteiger partial charge in [-0.3, -0.25) is 9.44 Å². The number of ether oxygens (including phenoxy) is 1. The van der Waals surface area contributed by atoms with E-state index in [2.05, 4.69) is 48.4 Å². The van der Waals surface area contributed by atoms with Crippen LogP contribution in [0.2, 0.25) is 0 Å². The van der Waals surface area contributed by atoms with Crippen LogP contribution in [-0.4, -0.2) is 39.2 Å². The van der Waals surface area contributed by atoms with Crippen molar-refractivity contribution >= 4 is 48.4 Å². The van der Waals surface area contributed by atoms with Crippen molar-refractivity contribution in [1.82, 2.24) is 9.97 Å². The molecule has 0 fully saturated rings. The molecule has 0 aliphatic rings. The smallest absolute Gasteiger partial charge is 0.281 e. The summed E-state index contributed by atoms with van der Waals surface area (Å²) < 4.78 is 62.8. The Morgan fingerprint density at radius 3 is 2.42 bits per heavy atom. The van der Waals surface area contributed by atoms with Crippen molar-refractivity contribution in [2.75, 3.05) is 21.8 Å². The van der Waals surface area contributed by atoms with Crippen LogP contribution in [0, 0.1) is 5.41 Å². The molecule has 2 aromatic carbocycles. The number of sulfonamides is 2. The summed E-state index contributed by atoms with van der Waals surface area (Å²) in [7, 11) is -7.96. The SMILES string of the molecule is C=CCCCS(=O)(=O)Nc1cccc(S(=O)(=O)Nc2nc(-c3ccccc3C=C)c(-c3cccc(OCCC(C)(C)C)c3)s2)n1. The number of nitrogens with zero attached hydrogens (tertiary/aromatic N) is 2. The highest BCUT2D eigenvalue weighted by Crippen LogP contribution is 2.42. The molecule has 0 bridgehead atoms. The number of aromatic nitrogens is 2. The Morgan fingerprint density at radius 2 is 1.69 bits per heavy atom. The van der Waals surface area contributed by atoms with Gasteiger partial charge in [0.2, 0.25) is 10.0 Å². The standard InChI is InChI=1S/C33H38N4O5S3/c1-6-8-11-22-44(38,39)36-28-18-13-19-29(34-28)45(40,41)37-32-35-30(27-17-10-9-14-24(27)7-2)31(43-32)25-15-12-16-26(23-25)42-21-20-33(3,4)5/h6-7,9-10,12-19,23H,1-2,8,11,20-22H2,3-5H3,(H,34,36)(H,35,37). The molecule has 2 N–H and O–H groups in total. The minimum atomic E-state index is -4.24. The topological polar surface area (TPSA) is 127 Å². The number of hydrogen-bond acceptors (Lipinski definition) is 8. The number of allylic oxidation sites excluding steroid dienone is 1. The first-order valence-electron chi connectivity index (χ1n) is 14.4. The molecule has 0 saturated carbocycles. The highest BCUT2D eigenvalue weighted by Gasteiger charge is 2.23. The van der Waals surface area contributed by atoms with E-state index >= 15 is 0 Å². The quantitative estimate of drug-likeness (QED) is 0.0978. The van der Waals surface area contributed by atoms with Crippen LogP contribution in [0.3, 0.4) is 0 Å². The summed E-state index contributed by atoms with van der Waals surface area (Å²) in [4.78, 5) is 9.52. The molecule has 0 radical (unpaired) electrons. The van der Waals surface area contributed by atoms with Crippen LogP contribution in [0.25, 0.3) is 27.8 Å². The van der Waals surface area contributed by atoms with Gasteiger partial charge in [0, 0.05) is 5.56 Å². The number of thiazole rings is 1. The van der Waals surface area contributed by atoms with Crippen LogP contribution < -0.4 is 14.2 Å². The summed E-state index contributed by atoms with van der Waals surface area (Å²) in [6.45, 7) is 14.6. The highest BCUT2D eigenvalue weighted by molar-refractivity contribution is 7.93. The van der Waals surface area contributed by atoms with Crippen molar-refractivity contribution in [3.63, 3.8) is 0 Å². The zero-order chi connectivity index (χ0) is 32.7. The molecule has 0 atom stereocenters. The van der Waals surface area contributed by atoms with E-state index in [4.69, 9.17) is 9.72 Å². The van der Waals surface area contributed by atoms with Crippen LogP contribution in [-0.2, 0) is 20.0 Å². The number of unbranched alkanes of at least 4 members (excludes halogenated alkanes) is 1. The van der Waals surface area contributed by atoms with E-state index in [-0.39, 0.29) is 27.1 Å². The number of nitrogens with one attached hydrogen (secondary N) is 2. The predicted octanol–water partition coefficient (Wildman–Crippen LogP) is 7.84. The van der Waals surface area contributed by atoms with Gasteiger partial charge in [-0.05, 0) is 60.1 Å². The molecule has 238 valence electrons. The molecule has 0 spiro atoms. The van der Waals surface area contributed by atoms with Gasteiger partial charge in [-0.25, -0.2) is 18.4 Å². The lowest BCUT2D eigenvalue weighted by atomic mass is 9.93. The van der Waals surface area contributed by atoms with E-state index in [1.807, 2.05) is 48.5 Å². The first-order chi connectivity index (χ1) is 21.3. The van der Waals surface area contributed by atoms with Gasteiger partial charge >= 0.3 is 0 Å². The number of pyridine rings is 1. The Kier molecular flexibility index (Phi) is 10.8. The zero-order valence-corrected chi connectivity index (χ0v) is 28.1. The summed E-state index contributed by atoms with van der Waals surface area (Å²) >= 11 is 1.17. The van der Waals surface area contributed by atoms with Crippen LogP contribution in [0.4, 0.5) is 10.9 Å². The Balaban J connectivity index is 1.67. The molecule has 0 amide bonds. The average molecular weight is 667 g/mol. The monoisotopic (exact) mass is 666 g/mol. The fourth-order valence-corrected chi connectivity index (χ4v) is 7.51. The van der Waals surface area contributed by atoms with E-state index in [0.29, 0.717) is 30.9 Å². The van der Waals surface area contributed by atoms with Crippen molar-refractivity contribution < 1.29 is 21.6 Å². The molecule has 2 aromatic heterocycles. The predicted molar refractivity (Wildman–Crippen MR) is 185 cm³/mol. The lowest BCUT2D eigenvalue weighted by Crippen LogP contribution is -2.19. The van der Waals surface area contributed by atoms with Crippen LogP contribution >= 0.6 is 11.3 Å². The number of hydrogen-bond donors (Lipinski definition) is 2. The van der Waals surface area contributed by atoms with Gasteiger partial charge in [-0.1, -0.05) is 93.3 Å². The van der Waals surface area contributed by atoms with E-state index in [1.54, 1.807) is 12.2 Å².